The molecule has 2 rings (SSSR count). The Bertz CT molecular complexity index is 887. The van der Waals surface area contributed by atoms with Gasteiger partial charge in [0.1, 0.15) is 5.60 Å². The molecule has 5 nitrogen and oxygen atoms in total. The lowest BCUT2D eigenvalue weighted by atomic mass is 10.1. The third kappa shape index (κ3) is 6.99. The predicted octanol–water partition coefficient (Wildman–Crippen LogP) is 5.19. The summed E-state index contributed by atoms with van der Waals surface area (Å²) in [5, 5.41) is 3.91. The number of nitrogens with zero attached hydrogens (tertiary/aromatic N) is 1. The van der Waals surface area contributed by atoms with Gasteiger partial charge in [-0.3, -0.25) is 9.78 Å². The van der Waals surface area contributed by atoms with Crippen LogP contribution in [0.4, 0.5) is 5.69 Å². The Labute approximate surface area is 166 Å². The maximum Gasteiger partial charge on any atom is 0.331 e. The number of anilines is 1. The van der Waals surface area contributed by atoms with E-state index in [-0.39, 0.29) is 11.9 Å². The second kappa shape index (κ2) is 9.83. The van der Waals surface area contributed by atoms with Crippen molar-refractivity contribution in [1.29, 1.82) is 0 Å². The summed E-state index contributed by atoms with van der Waals surface area (Å²) in [6, 6.07) is 9.53. The summed E-state index contributed by atoms with van der Waals surface area (Å²) >= 11 is 0. The number of allylic oxidation sites excluding steroid dienone is 3. The Hall–Kier alpha value is -2.95. The fourth-order valence-corrected chi connectivity index (χ4v) is 2.70. The molecule has 1 aromatic carbocycles. The Morgan fingerprint density at radius 1 is 1.11 bits per heavy atom. The number of aromatic nitrogens is 1. The average Bonchev–Trinajstić information content (AvgIpc) is 2.63. The first kappa shape index (κ1) is 21.4. The molecule has 0 aliphatic carbocycles. The number of ether oxygens (including phenoxy) is 1. The largest absolute Gasteiger partial charge is 0.457 e. The second-order valence-corrected chi connectivity index (χ2v) is 7.48. The molecule has 0 aliphatic rings. The molecule has 148 valence electrons. The molecule has 0 bridgehead atoms. The van der Waals surface area contributed by atoms with Gasteiger partial charge in [0.25, 0.3) is 0 Å². The van der Waals surface area contributed by atoms with Gasteiger partial charge in [-0.15, -0.1) is 0 Å². The number of pyridine rings is 1. The van der Waals surface area contributed by atoms with Gasteiger partial charge in [0.05, 0.1) is 11.2 Å². The van der Waals surface area contributed by atoms with Crippen molar-refractivity contribution >= 4 is 28.5 Å². The first-order valence-electron chi connectivity index (χ1n) is 9.52. The minimum Gasteiger partial charge on any atom is -0.457 e. The molecule has 0 spiro atoms. The van der Waals surface area contributed by atoms with E-state index in [2.05, 4.69) is 10.3 Å². The fourth-order valence-electron chi connectivity index (χ4n) is 2.70. The molecular formula is C23H28N2O3. The molecule has 0 radical (unpaired) electrons. The topological polar surface area (TPSA) is 68.3 Å². The molecule has 1 heterocycles. The van der Waals surface area contributed by atoms with Crippen LogP contribution in [0.1, 0.15) is 47.0 Å². The van der Waals surface area contributed by atoms with Crippen LogP contribution in [-0.2, 0) is 14.3 Å². The van der Waals surface area contributed by atoms with Gasteiger partial charge in [0.2, 0.25) is 5.91 Å². The fraction of sp³-hybridized carbons (Fsp3) is 0.348. The van der Waals surface area contributed by atoms with E-state index in [1.54, 1.807) is 12.3 Å². The van der Waals surface area contributed by atoms with E-state index in [1.165, 1.54) is 6.08 Å². The summed E-state index contributed by atoms with van der Waals surface area (Å²) in [7, 11) is 0. The van der Waals surface area contributed by atoms with Crippen LogP contribution in [-0.4, -0.2) is 22.5 Å². The van der Waals surface area contributed by atoms with Gasteiger partial charge in [-0.05, 0) is 45.7 Å². The number of carbonyl (C=O) groups excluding carboxylic acids is 2. The number of rotatable bonds is 7. The standard InChI is InChI=1S/C23H28N2O3/c1-5-8-17(13-15-21(27)28-23(2,3)4)12-14-20(26)25-19-11-6-9-18-10-7-16-24-22(18)19/h6-11,13,15-16H,5,12,14H2,1-4H3,(H,25,26)/b15-13+,17-8+. The predicted molar refractivity (Wildman–Crippen MR) is 113 cm³/mol. The maximum absolute atomic E-state index is 12.4. The number of nitrogens with one attached hydrogen (secondary N) is 1. The number of para-hydroxylation sites is 1. The van der Waals surface area contributed by atoms with Crippen molar-refractivity contribution in [2.45, 2.75) is 52.6 Å². The summed E-state index contributed by atoms with van der Waals surface area (Å²) in [6.45, 7) is 7.50. The first-order chi connectivity index (χ1) is 13.3. The lowest BCUT2D eigenvalue weighted by molar-refractivity contribution is -0.148. The molecule has 0 atom stereocenters. The summed E-state index contributed by atoms with van der Waals surface area (Å²) in [4.78, 5) is 28.6. The van der Waals surface area contributed by atoms with Gasteiger partial charge in [-0.1, -0.05) is 42.8 Å². The number of amides is 1. The molecular weight excluding hydrogens is 352 g/mol. The molecule has 1 aromatic heterocycles. The zero-order valence-electron chi connectivity index (χ0n) is 17.0. The highest BCUT2D eigenvalue weighted by molar-refractivity contribution is 6.00. The summed E-state index contributed by atoms with van der Waals surface area (Å²) < 4.78 is 5.27. The van der Waals surface area contributed by atoms with Crippen molar-refractivity contribution in [3.05, 3.63) is 60.3 Å². The Kier molecular flexibility index (Phi) is 7.50. The van der Waals surface area contributed by atoms with Crippen molar-refractivity contribution in [2.75, 3.05) is 5.32 Å². The lowest BCUT2D eigenvalue weighted by Gasteiger charge is -2.18. The number of fused-ring (bicyclic) bond motifs is 1. The van der Waals surface area contributed by atoms with E-state index in [0.717, 1.165) is 22.9 Å². The van der Waals surface area contributed by atoms with Crippen molar-refractivity contribution in [3.8, 4) is 0 Å². The van der Waals surface area contributed by atoms with E-state index in [9.17, 15) is 9.59 Å². The summed E-state index contributed by atoms with van der Waals surface area (Å²) in [6.07, 6.45) is 8.53. The van der Waals surface area contributed by atoms with Crippen LogP contribution < -0.4 is 5.32 Å². The van der Waals surface area contributed by atoms with Gasteiger partial charge in [-0.2, -0.15) is 0 Å². The minimum atomic E-state index is -0.525. The van der Waals surface area contributed by atoms with Gasteiger partial charge < -0.3 is 10.1 Å². The smallest absolute Gasteiger partial charge is 0.331 e. The number of esters is 1. The van der Waals surface area contributed by atoms with Crippen LogP contribution in [0.3, 0.4) is 0 Å². The molecule has 0 aliphatic heterocycles. The average molecular weight is 380 g/mol. The van der Waals surface area contributed by atoms with Crippen molar-refractivity contribution in [2.24, 2.45) is 0 Å². The van der Waals surface area contributed by atoms with Crippen LogP contribution in [0.15, 0.2) is 60.3 Å². The Balaban J connectivity index is 1.97. The van der Waals surface area contributed by atoms with E-state index in [1.807, 2.05) is 64.1 Å². The molecule has 28 heavy (non-hydrogen) atoms. The van der Waals surface area contributed by atoms with Crippen LogP contribution in [0.2, 0.25) is 0 Å². The van der Waals surface area contributed by atoms with Crippen LogP contribution >= 0.6 is 0 Å². The Morgan fingerprint density at radius 2 is 1.86 bits per heavy atom. The zero-order chi connectivity index (χ0) is 20.6. The highest BCUT2D eigenvalue weighted by atomic mass is 16.6. The van der Waals surface area contributed by atoms with Crippen LogP contribution in [0.25, 0.3) is 10.9 Å². The third-order valence-electron chi connectivity index (χ3n) is 3.85. The van der Waals surface area contributed by atoms with E-state index in [0.29, 0.717) is 18.5 Å². The molecule has 5 heteroatoms. The Morgan fingerprint density at radius 3 is 2.57 bits per heavy atom. The van der Waals surface area contributed by atoms with E-state index in [4.69, 9.17) is 4.74 Å². The van der Waals surface area contributed by atoms with Crippen molar-refractivity contribution in [1.82, 2.24) is 4.98 Å². The number of hydrogen-bond donors (Lipinski definition) is 1. The lowest BCUT2D eigenvalue weighted by Crippen LogP contribution is -2.22. The molecule has 0 unspecified atom stereocenters. The monoisotopic (exact) mass is 380 g/mol. The second-order valence-electron chi connectivity index (χ2n) is 7.48. The molecule has 1 N–H and O–H groups in total. The molecule has 1 amide bonds. The third-order valence-corrected chi connectivity index (χ3v) is 3.85. The number of benzene rings is 1. The molecule has 2 aromatic rings. The van der Waals surface area contributed by atoms with E-state index >= 15 is 0 Å². The minimum absolute atomic E-state index is 0.0918. The zero-order valence-corrected chi connectivity index (χ0v) is 17.0. The highest BCUT2D eigenvalue weighted by Gasteiger charge is 2.14. The van der Waals surface area contributed by atoms with Gasteiger partial charge in [0.15, 0.2) is 0 Å². The maximum atomic E-state index is 12.4. The van der Waals surface area contributed by atoms with Crippen LogP contribution in [0, 0.1) is 0 Å². The summed E-state index contributed by atoms with van der Waals surface area (Å²) in [5.41, 5.74) is 1.88. The SMILES string of the molecule is CC/C=C(/C=C/C(=O)OC(C)(C)C)CCC(=O)Nc1cccc2cccnc12. The van der Waals surface area contributed by atoms with Gasteiger partial charge >= 0.3 is 5.97 Å². The summed E-state index contributed by atoms with van der Waals surface area (Å²) in [5.74, 6) is -0.480. The molecule has 0 fully saturated rings. The first-order valence-corrected chi connectivity index (χ1v) is 9.52. The van der Waals surface area contributed by atoms with Crippen LogP contribution in [0.5, 0.6) is 0 Å². The van der Waals surface area contributed by atoms with Gasteiger partial charge in [-0.25, -0.2) is 4.79 Å². The van der Waals surface area contributed by atoms with Crippen molar-refractivity contribution in [3.63, 3.8) is 0 Å². The normalized spacial score (nSPS) is 12.4. The number of carbonyl (C=O) groups is 2. The van der Waals surface area contributed by atoms with Gasteiger partial charge in [0, 0.05) is 24.1 Å². The highest BCUT2D eigenvalue weighted by Crippen LogP contribution is 2.21. The number of hydrogen-bond acceptors (Lipinski definition) is 4. The molecule has 0 saturated heterocycles. The van der Waals surface area contributed by atoms with E-state index < -0.39 is 5.60 Å². The molecule has 0 saturated carbocycles. The van der Waals surface area contributed by atoms with Crippen molar-refractivity contribution < 1.29 is 14.3 Å². The quantitative estimate of drug-likeness (QED) is 0.408.